The Hall–Kier alpha value is -4.42. The van der Waals surface area contributed by atoms with Crippen LogP contribution >= 0.6 is 0 Å². The van der Waals surface area contributed by atoms with Crippen molar-refractivity contribution in [2.45, 2.75) is 36.7 Å². The van der Waals surface area contributed by atoms with E-state index in [0.29, 0.717) is 24.5 Å². The van der Waals surface area contributed by atoms with Gasteiger partial charge in [-0.25, -0.2) is 19.3 Å². The van der Waals surface area contributed by atoms with E-state index in [2.05, 4.69) is 36.4 Å². The summed E-state index contributed by atoms with van der Waals surface area (Å²) in [7, 11) is 0. The Morgan fingerprint density at radius 1 is 1.23 bits per heavy atom. The maximum atomic E-state index is 14.8. The van der Waals surface area contributed by atoms with Crippen LogP contribution in [-0.4, -0.2) is 78.9 Å². The zero-order chi connectivity index (χ0) is 29.9. The van der Waals surface area contributed by atoms with Gasteiger partial charge in [-0.2, -0.15) is 23.5 Å². The molecule has 7 heterocycles. The van der Waals surface area contributed by atoms with Gasteiger partial charge in [0.05, 0.1) is 48.7 Å². The standard InChI is InChI=1S/C28H25F4N9O2/c29-20-18(1-5-34-23(20)28(30,31)32)26(42)40-9-15-7-16(10-40)22(43-12-15)24-27(3-4-33,13-36-24)41-11-17(8-39-41)21-19-2-6-35-25(19)38-14-37-21/h1-2,5-6,8,11,14-16,22,24,36H,3,7,9-10,12-13H2,(H,35,37,38). The number of fused-ring (bicyclic) bond motifs is 3. The van der Waals surface area contributed by atoms with Crippen LogP contribution in [0.3, 0.4) is 0 Å². The zero-order valence-corrected chi connectivity index (χ0v) is 22.6. The van der Waals surface area contributed by atoms with E-state index in [1.165, 1.54) is 11.2 Å². The van der Waals surface area contributed by atoms with Gasteiger partial charge in [0, 0.05) is 61.0 Å². The van der Waals surface area contributed by atoms with Crippen molar-refractivity contribution in [2.24, 2.45) is 11.8 Å². The molecule has 7 rings (SSSR count). The second-order valence-corrected chi connectivity index (χ2v) is 11.3. The maximum Gasteiger partial charge on any atom is 0.436 e. The van der Waals surface area contributed by atoms with Crippen LogP contribution in [0.15, 0.2) is 43.2 Å². The molecule has 0 spiro atoms. The van der Waals surface area contributed by atoms with Gasteiger partial charge in [-0.3, -0.25) is 9.48 Å². The van der Waals surface area contributed by atoms with Gasteiger partial charge in [0.1, 0.15) is 17.5 Å². The normalized spacial score (nSPS) is 27.1. The first kappa shape index (κ1) is 27.4. The molecule has 222 valence electrons. The van der Waals surface area contributed by atoms with E-state index >= 15 is 0 Å². The summed E-state index contributed by atoms with van der Waals surface area (Å²) in [4.78, 5) is 29.6. The first-order valence-corrected chi connectivity index (χ1v) is 13.8. The van der Waals surface area contributed by atoms with Crippen LogP contribution in [0.25, 0.3) is 22.3 Å². The van der Waals surface area contributed by atoms with Crippen molar-refractivity contribution in [3.8, 4) is 17.3 Å². The number of hydrogen-bond donors (Lipinski definition) is 2. The molecule has 4 aromatic heterocycles. The minimum atomic E-state index is -5.02. The number of H-pyrrole nitrogens is 1. The molecule has 3 aliphatic heterocycles. The minimum absolute atomic E-state index is 0.0609. The molecule has 43 heavy (non-hydrogen) atoms. The zero-order valence-electron chi connectivity index (χ0n) is 22.6. The molecule has 2 N–H and O–H groups in total. The Bertz CT molecular complexity index is 1750. The van der Waals surface area contributed by atoms with Gasteiger partial charge in [0.25, 0.3) is 5.91 Å². The quantitative estimate of drug-likeness (QED) is 0.336. The van der Waals surface area contributed by atoms with Crippen molar-refractivity contribution in [1.82, 2.24) is 39.9 Å². The molecular weight excluding hydrogens is 570 g/mol. The lowest BCUT2D eigenvalue weighted by Gasteiger charge is -2.56. The summed E-state index contributed by atoms with van der Waals surface area (Å²) in [6.45, 7) is 1.17. The summed E-state index contributed by atoms with van der Waals surface area (Å²) in [5.74, 6) is -2.75. The number of amides is 1. The predicted octanol–water partition coefficient (Wildman–Crippen LogP) is 3.13. The number of ether oxygens (including phenoxy) is 1. The molecule has 0 aliphatic carbocycles. The first-order valence-electron chi connectivity index (χ1n) is 13.8. The van der Waals surface area contributed by atoms with Crippen LogP contribution in [0.2, 0.25) is 0 Å². The summed E-state index contributed by atoms with van der Waals surface area (Å²) < 4.78 is 62.6. The third-order valence-corrected chi connectivity index (χ3v) is 8.82. The van der Waals surface area contributed by atoms with E-state index in [-0.39, 0.29) is 37.4 Å². The van der Waals surface area contributed by atoms with Crippen LogP contribution in [0.5, 0.6) is 0 Å². The highest BCUT2D eigenvalue weighted by molar-refractivity contribution is 5.94. The van der Waals surface area contributed by atoms with Crippen molar-refractivity contribution in [3.63, 3.8) is 0 Å². The number of piperidine rings is 1. The lowest BCUT2D eigenvalue weighted by atomic mass is 9.70. The van der Waals surface area contributed by atoms with Gasteiger partial charge in [-0.15, -0.1) is 0 Å². The molecule has 11 nitrogen and oxygen atoms in total. The smallest absolute Gasteiger partial charge is 0.376 e. The van der Waals surface area contributed by atoms with Crippen LogP contribution in [-0.2, 0) is 16.5 Å². The molecule has 4 aromatic rings. The molecule has 15 heteroatoms. The highest BCUT2D eigenvalue weighted by Gasteiger charge is 2.56. The molecule has 0 radical (unpaired) electrons. The molecule has 0 aromatic carbocycles. The van der Waals surface area contributed by atoms with Crippen LogP contribution in [0, 0.1) is 29.0 Å². The largest absolute Gasteiger partial charge is 0.436 e. The fourth-order valence-electron chi connectivity index (χ4n) is 6.78. The van der Waals surface area contributed by atoms with Crippen molar-refractivity contribution in [3.05, 3.63) is 60.3 Å². The van der Waals surface area contributed by atoms with E-state index < -0.39 is 40.8 Å². The summed E-state index contributed by atoms with van der Waals surface area (Å²) >= 11 is 0. The fourth-order valence-corrected chi connectivity index (χ4v) is 6.78. The summed E-state index contributed by atoms with van der Waals surface area (Å²) in [5, 5.41) is 18.7. The van der Waals surface area contributed by atoms with Crippen LogP contribution in [0.4, 0.5) is 17.6 Å². The van der Waals surface area contributed by atoms with E-state index in [4.69, 9.17) is 4.74 Å². The highest BCUT2D eigenvalue weighted by Crippen LogP contribution is 2.42. The highest BCUT2D eigenvalue weighted by atomic mass is 19.4. The van der Waals surface area contributed by atoms with Gasteiger partial charge >= 0.3 is 6.18 Å². The molecular formula is C28H25F4N9O2. The van der Waals surface area contributed by atoms with E-state index in [1.54, 1.807) is 17.1 Å². The Kier molecular flexibility index (Phi) is 6.44. The minimum Gasteiger partial charge on any atom is -0.376 e. The number of carbonyl (C=O) groups excluding carboxylic acids is 1. The van der Waals surface area contributed by atoms with Gasteiger partial charge in [0.2, 0.25) is 0 Å². The number of nitrogens with zero attached hydrogens (tertiary/aromatic N) is 7. The molecule has 3 aliphatic rings. The number of alkyl halides is 3. The number of likely N-dealkylation sites (tertiary alicyclic amines) is 1. The number of aromatic amines is 1. The van der Waals surface area contributed by atoms with E-state index in [1.807, 2.05) is 12.3 Å². The van der Waals surface area contributed by atoms with E-state index in [0.717, 1.165) is 29.6 Å². The van der Waals surface area contributed by atoms with Crippen LogP contribution < -0.4 is 5.32 Å². The van der Waals surface area contributed by atoms with Gasteiger partial charge < -0.3 is 19.9 Å². The summed E-state index contributed by atoms with van der Waals surface area (Å²) in [6, 6.07) is 4.81. The molecule has 5 unspecified atom stereocenters. The number of aromatic nitrogens is 6. The number of rotatable bonds is 5. The average Bonchev–Trinajstić information content (AvgIpc) is 3.66. The number of hydrogen-bond acceptors (Lipinski definition) is 8. The van der Waals surface area contributed by atoms with Gasteiger partial charge in [-0.1, -0.05) is 0 Å². The lowest BCUT2D eigenvalue weighted by Crippen LogP contribution is -2.75. The average molecular weight is 596 g/mol. The molecule has 1 amide bonds. The predicted molar refractivity (Wildman–Crippen MR) is 142 cm³/mol. The Morgan fingerprint density at radius 2 is 2.09 bits per heavy atom. The molecule has 2 bridgehead atoms. The van der Waals surface area contributed by atoms with Crippen molar-refractivity contribution >= 4 is 16.9 Å². The molecule has 0 saturated carbocycles. The third-order valence-electron chi connectivity index (χ3n) is 8.82. The number of halogens is 4. The first-order chi connectivity index (χ1) is 20.7. The van der Waals surface area contributed by atoms with Crippen LogP contribution in [0.1, 0.15) is 28.9 Å². The molecule has 5 atom stereocenters. The number of pyridine rings is 1. The second kappa shape index (κ2) is 10.1. The lowest BCUT2D eigenvalue weighted by molar-refractivity contribution is -0.143. The second-order valence-electron chi connectivity index (χ2n) is 11.3. The van der Waals surface area contributed by atoms with E-state index in [9.17, 15) is 27.6 Å². The summed E-state index contributed by atoms with van der Waals surface area (Å²) in [6.07, 6.45) is 3.00. The Balaban J connectivity index is 1.15. The molecule has 3 saturated heterocycles. The Morgan fingerprint density at radius 3 is 2.86 bits per heavy atom. The van der Waals surface area contributed by atoms with Crippen molar-refractivity contribution < 1.29 is 27.1 Å². The topological polar surface area (TPSA) is 138 Å². The number of nitriles is 1. The fraction of sp³-hybridized carbons (Fsp3) is 0.429. The number of nitrogens with one attached hydrogen (secondary N) is 2. The molecule has 3 fully saturated rings. The third kappa shape index (κ3) is 4.43. The maximum absolute atomic E-state index is 14.8. The monoisotopic (exact) mass is 595 g/mol. The van der Waals surface area contributed by atoms with Gasteiger partial charge in [0.15, 0.2) is 11.5 Å². The SMILES string of the molecule is N#CCC1(n2cc(-c3ncnc4[nH]ccc34)cn2)CNC1C1OCC2CC1CN(C(=O)c1ccnc(C(F)(F)F)c1F)C2. The Labute approximate surface area is 241 Å². The van der Waals surface area contributed by atoms with Crippen molar-refractivity contribution in [1.29, 1.82) is 5.26 Å². The van der Waals surface area contributed by atoms with Gasteiger partial charge in [-0.05, 0) is 18.6 Å². The van der Waals surface area contributed by atoms with Crippen molar-refractivity contribution in [2.75, 3.05) is 26.2 Å². The number of carbonyl (C=O) groups is 1. The summed E-state index contributed by atoms with van der Waals surface area (Å²) in [5.41, 5.74) is -0.981.